The molecule has 168 valence electrons. The summed E-state index contributed by atoms with van der Waals surface area (Å²) >= 11 is 0. The molecule has 0 bridgehead atoms. The first-order valence-corrected chi connectivity index (χ1v) is 10.6. The van der Waals surface area contributed by atoms with Crippen molar-refractivity contribution in [3.05, 3.63) is 65.1 Å². The van der Waals surface area contributed by atoms with E-state index in [-0.39, 0.29) is 17.8 Å². The second kappa shape index (κ2) is 9.50. The van der Waals surface area contributed by atoms with Crippen LogP contribution in [0.25, 0.3) is 5.57 Å². The molecule has 32 heavy (non-hydrogen) atoms. The molecule has 0 unspecified atom stereocenters. The number of carbonyl (C=O) groups is 2. The van der Waals surface area contributed by atoms with E-state index in [1.54, 1.807) is 13.2 Å². The predicted octanol–water partition coefficient (Wildman–Crippen LogP) is 2.67. The molecular weight excluding hydrogens is 413 g/mol. The standard InChI is InChI=1S/C24H26FN3O4/c1-16-3-8-20(31-2)19(15-16)26-22-21(17-4-6-18(25)7-5-17)23(29)28(24(22)30)10-9-27-11-13-32-14-12-27/h3-8,15,26H,9-14H2,1-2H3. The summed E-state index contributed by atoms with van der Waals surface area (Å²) in [6, 6.07) is 11.1. The fourth-order valence-corrected chi connectivity index (χ4v) is 3.90. The highest BCUT2D eigenvalue weighted by Crippen LogP contribution is 2.33. The highest BCUT2D eigenvalue weighted by Gasteiger charge is 2.39. The highest BCUT2D eigenvalue weighted by atomic mass is 19.1. The summed E-state index contributed by atoms with van der Waals surface area (Å²) in [6.07, 6.45) is 0. The van der Waals surface area contributed by atoms with E-state index in [2.05, 4.69) is 10.2 Å². The molecule has 2 aromatic carbocycles. The minimum absolute atomic E-state index is 0.160. The molecule has 2 aliphatic heterocycles. The van der Waals surface area contributed by atoms with Crippen molar-refractivity contribution in [3.63, 3.8) is 0 Å². The topological polar surface area (TPSA) is 71.1 Å². The minimum atomic E-state index is -0.412. The van der Waals surface area contributed by atoms with Crippen LogP contribution >= 0.6 is 0 Å². The molecule has 7 nitrogen and oxygen atoms in total. The summed E-state index contributed by atoms with van der Waals surface area (Å²) in [5.74, 6) is -0.672. The van der Waals surface area contributed by atoms with Gasteiger partial charge in [-0.05, 0) is 42.3 Å². The molecular formula is C24H26FN3O4. The Labute approximate surface area is 186 Å². The van der Waals surface area contributed by atoms with E-state index in [1.165, 1.54) is 29.2 Å². The van der Waals surface area contributed by atoms with E-state index in [0.29, 0.717) is 36.8 Å². The molecule has 0 atom stereocenters. The minimum Gasteiger partial charge on any atom is -0.495 e. The highest BCUT2D eigenvalue weighted by molar-refractivity contribution is 6.36. The first-order valence-electron chi connectivity index (χ1n) is 10.6. The average molecular weight is 439 g/mol. The van der Waals surface area contributed by atoms with Crippen molar-refractivity contribution in [1.82, 2.24) is 9.80 Å². The zero-order valence-electron chi connectivity index (χ0n) is 18.2. The van der Waals surface area contributed by atoms with Gasteiger partial charge in [0.25, 0.3) is 11.8 Å². The molecule has 2 aromatic rings. The van der Waals surface area contributed by atoms with E-state index < -0.39 is 17.6 Å². The molecule has 0 radical (unpaired) electrons. The van der Waals surface area contributed by atoms with Gasteiger partial charge in [0, 0.05) is 26.2 Å². The fourth-order valence-electron chi connectivity index (χ4n) is 3.90. The van der Waals surface area contributed by atoms with Gasteiger partial charge >= 0.3 is 0 Å². The number of methoxy groups -OCH3 is 1. The maximum atomic E-state index is 13.5. The number of carbonyl (C=O) groups excluding carboxylic acids is 2. The monoisotopic (exact) mass is 439 g/mol. The number of nitrogens with zero attached hydrogens (tertiary/aromatic N) is 2. The van der Waals surface area contributed by atoms with Gasteiger partial charge in [0.2, 0.25) is 0 Å². The van der Waals surface area contributed by atoms with Crippen molar-refractivity contribution in [2.24, 2.45) is 0 Å². The van der Waals surface area contributed by atoms with E-state index in [1.807, 2.05) is 19.1 Å². The Hall–Kier alpha value is -3.23. The van der Waals surface area contributed by atoms with Crippen LogP contribution in [-0.2, 0) is 14.3 Å². The second-order valence-electron chi connectivity index (χ2n) is 7.80. The number of ether oxygens (including phenoxy) is 2. The molecule has 4 rings (SSSR count). The third-order valence-electron chi connectivity index (χ3n) is 5.66. The van der Waals surface area contributed by atoms with Crippen molar-refractivity contribution in [1.29, 1.82) is 0 Å². The van der Waals surface area contributed by atoms with E-state index in [0.717, 1.165) is 18.7 Å². The predicted molar refractivity (Wildman–Crippen MR) is 119 cm³/mol. The summed E-state index contributed by atoms with van der Waals surface area (Å²) in [5, 5.41) is 3.13. The summed E-state index contributed by atoms with van der Waals surface area (Å²) in [6.45, 7) is 5.56. The normalized spacial score (nSPS) is 17.3. The molecule has 2 aliphatic rings. The number of rotatable bonds is 7. The van der Waals surface area contributed by atoms with Crippen molar-refractivity contribution < 1.29 is 23.5 Å². The van der Waals surface area contributed by atoms with Crippen molar-refractivity contribution >= 4 is 23.1 Å². The van der Waals surface area contributed by atoms with Gasteiger partial charge in [0.15, 0.2) is 0 Å². The molecule has 2 heterocycles. The number of halogens is 1. The van der Waals surface area contributed by atoms with Crippen LogP contribution in [0.5, 0.6) is 5.75 Å². The Morgan fingerprint density at radius 3 is 2.44 bits per heavy atom. The van der Waals surface area contributed by atoms with Crippen LogP contribution in [0.15, 0.2) is 48.2 Å². The second-order valence-corrected chi connectivity index (χ2v) is 7.80. The molecule has 0 aliphatic carbocycles. The van der Waals surface area contributed by atoms with Crippen LogP contribution in [0.2, 0.25) is 0 Å². The largest absolute Gasteiger partial charge is 0.495 e. The van der Waals surface area contributed by atoms with Crippen LogP contribution in [0, 0.1) is 12.7 Å². The van der Waals surface area contributed by atoms with Gasteiger partial charge in [-0.1, -0.05) is 18.2 Å². The SMILES string of the molecule is COc1ccc(C)cc1NC1=C(c2ccc(F)cc2)C(=O)N(CCN2CCOCC2)C1=O. The first kappa shape index (κ1) is 22.0. The third kappa shape index (κ3) is 4.51. The number of imide groups is 1. The molecule has 0 aromatic heterocycles. The maximum Gasteiger partial charge on any atom is 0.278 e. The lowest BCUT2D eigenvalue weighted by atomic mass is 10.0. The quantitative estimate of drug-likeness (QED) is 0.669. The number of anilines is 1. The van der Waals surface area contributed by atoms with Crippen LogP contribution in [0.3, 0.4) is 0 Å². The molecule has 1 saturated heterocycles. The lowest BCUT2D eigenvalue weighted by molar-refractivity contribution is -0.137. The number of amides is 2. The van der Waals surface area contributed by atoms with Crippen LogP contribution < -0.4 is 10.1 Å². The van der Waals surface area contributed by atoms with E-state index in [4.69, 9.17) is 9.47 Å². The molecule has 8 heteroatoms. The van der Waals surface area contributed by atoms with Gasteiger partial charge in [-0.3, -0.25) is 19.4 Å². The summed E-state index contributed by atoms with van der Waals surface area (Å²) in [4.78, 5) is 30.1. The van der Waals surface area contributed by atoms with Gasteiger partial charge in [-0.25, -0.2) is 4.39 Å². The zero-order chi connectivity index (χ0) is 22.7. The number of nitrogens with one attached hydrogen (secondary N) is 1. The summed E-state index contributed by atoms with van der Waals surface area (Å²) in [5.41, 5.74) is 2.41. The molecule has 2 amide bonds. The Balaban J connectivity index is 1.66. The van der Waals surface area contributed by atoms with E-state index in [9.17, 15) is 14.0 Å². The number of aryl methyl sites for hydroxylation is 1. The number of morpholine rings is 1. The maximum absolute atomic E-state index is 13.5. The average Bonchev–Trinajstić information content (AvgIpc) is 3.03. The third-order valence-corrected chi connectivity index (χ3v) is 5.66. The van der Waals surface area contributed by atoms with Gasteiger partial charge < -0.3 is 14.8 Å². The van der Waals surface area contributed by atoms with Crippen LogP contribution in [-0.4, -0.2) is 68.1 Å². The van der Waals surface area contributed by atoms with Crippen LogP contribution in [0.1, 0.15) is 11.1 Å². The number of benzene rings is 2. The fraction of sp³-hybridized carbons (Fsp3) is 0.333. The molecule has 0 spiro atoms. The van der Waals surface area contributed by atoms with Gasteiger partial charge in [-0.2, -0.15) is 0 Å². The summed E-state index contributed by atoms with van der Waals surface area (Å²) < 4.78 is 24.3. The summed E-state index contributed by atoms with van der Waals surface area (Å²) in [7, 11) is 1.54. The first-order chi connectivity index (χ1) is 15.5. The van der Waals surface area contributed by atoms with Crippen molar-refractivity contribution in [2.75, 3.05) is 51.8 Å². The Morgan fingerprint density at radius 1 is 1.03 bits per heavy atom. The Morgan fingerprint density at radius 2 is 1.75 bits per heavy atom. The van der Waals surface area contributed by atoms with Crippen molar-refractivity contribution in [3.8, 4) is 5.75 Å². The van der Waals surface area contributed by atoms with Gasteiger partial charge in [0.05, 0.1) is 31.6 Å². The number of hydrogen-bond donors (Lipinski definition) is 1. The van der Waals surface area contributed by atoms with Gasteiger partial charge in [-0.15, -0.1) is 0 Å². The zero-order valence-corrected chi connectivity index (χ0v) is 18.2. The van der Waals surface area contributed by atoms with Crippen molar-refractivity contribution in [2.45, 2.75) is 6.92 Å². The smallest absolute Gasteiger partial charge is 0.278 e. The lowest BCUT2D eigenvalue weighted by Crippen LogP contribution is -2.43. The Kier molecular flexibility index (Phi) is 6.53. The Bertz CT molecular complexity index is 1050. The number of hydrogen-bond acceptors (Lipinski definition) is 6. The van der Waals surface area contributed by atoms with E-state index >= 15 is 0 Å². The van der Waals surface area contributed by atoms with Crippen LogP contribution in [0.4, 0.5) is 10.1 Å². The molecule has 1 fully saturated rings. The molecule has 0 saturated carbocycles. The lowest BCUT2D eigenvalue weighted by Gasteiger charge is -2.28. The molecule has 1 N–H and O–H groups in total. The van der Waals surface area contributed by atoms with Gasteiger partial charge in [0.1, 0.15) is 17.3 Å².